The molecule has 16 heavy (non-hydrogen) atoms. The van der Waals surface area contributed by atoms with Crippen molar-refractivity contribution in [3.05, 3.63) is 29.8 Å². The summed E-state index contributed by atoms with van der Waals surface area (Å²) in [5.41, 5.74) is 1.26. The third-order valence-electron chi connectivity index (χ3n) is 2.30. The lowest BCUT2D eigenvalue weighted by molar-refractivity contribution is 0.281. The van der Waals surface area contributed by atoms with E-state index in [4.69, 9.17) is 4.74 Å². The maximum Gasteiger partial charge on any atom is 0.119 e. The van der Waals surface area contributed by atoms with Gasteiger partial charge in [0.1, 0.15) is 5.75 Å². The lowest BCUT2D eigenvalue weighted by Gasteiger charge is -2.11. The van der Waals surface area contributed by atoms with Gasteiger partial charge in [-0.25, -0.2) is 0 Å². The van der Waals surface area contributed by atoms with Crippen molar-refractivity contribution in [3.8, 4) is 5.75 Å². The van der Waals surface area contributed by atoms with Crippen LogP contribution in [0.25, 0.3) is 0 Å². The van der Waals surface area contributed by atoms with Gasteiger partial charge in [0.05, 0.1) is 6.61 Å². The van der Waals surface area contributed by atoms with E-state index in [1.807, 2.05) is 19.2 Å². The molecule has 0 heterocycles. The van der Waals surface area contributed by atoms with Crippen LogP contribution in [-0.2, 0) is 6.54 Å². The molecule has 0 fully saturated rings. The summed E-state index contributed by atoms with van der Waals surface area (Å²) in [6.07, 6.45) is 1.06. The molecule has 1 aromatic carbocycles. The average Bonchev–Trinajstić information content (AvgIpc) is 2.25. The zero-order valence-corrected chi connectivity index (χ0v) is 10.5. The van der Waals surface area contributed by atoms with Crippen LogP contribution in [0.5, 0.6) is 5.75 Å². The van der Waals surface area contributed by atoms with Gasteiger partial charge < -0.3 is 15.0 Å². The van der Waals surface area contributed by atoms with E-state index in [0.29, 0.717) is 0 Å². The standard InChI is InChI=1S/C13H22N2O/c1-14-11-12-6-4-7-13(10-12)16-9-5-8-15(2)3/h4,6-7,10,14H,5,8-9,11H2,1-3H3. The molecule has 0 bridgehead atoms. The SMILES string of the molecule is CNCc1cccc(OCCCN(C)C)c1. The fourth-order valence-corrected chi connectivity index (χ4v) is 1.52. The van der Waals surface area contributed by atoms with Gasteiger partial charge in [0, 0.05) is 13.1 Å². The van der Waals surface area contributed by atoms with Crippen molar-refractivity contribution in [2.75, 3.05) is 34.3 Å². The number of hydrogen-bond donors (Lipinski definition) is 1. The lowest BCUT2D eigenvalue weighted by atomic mass is 10.2. The third kappa shape index (κ3) is 5.14. The minimum Gasteiger partial charge on any atom is -0.494 e. The van der Waals surface area contributed by atoms with Gasteiger partial charge in [-0.2, -0.15) is 0 Å². The zero-order valence-electron chi connectivity index (χ0n) is 10.5. The molecule has 0 aliphatic rings. The van der Waals surface area contributed by atoms with Gasteiger partial charge in [-0.3, -0.25) is 0 Å². The minimum atomic E-state index is 0.779. The predicted octanol–water partition coefficient (Wildman–Crippen LogP) is 1.74. The topological polar surface area (TPSA) is 24.5 Å². The molecule has 0 aliphatic carbocycles. The monoisotopic (exact) mass is 222 g/mol. The molecular weight excluding hydrogens is 200 g/mol. The molecule has 1 N–H and O–H groups in total. The first kappa shape index (κ1) is 13.0. The maximum atomic E-state index is 5.69. The van der Waals surface area contributed by atoms with Crippen molar-refractivity contribution in [1.82, 2.24) is 10.2 Å². The van der Waals surface area contributed by atoms with Crippen LogP contribution in [0, 0.1) is 0 Å². The highest BCUT2D eigenvalue weighted by atomic mass is 16.5. The molecule has 0 atom stereocenters. The Kier molecular flexibility index (Phi) is 5.90. The number of benzene rings is 1. The summed E-state index contributed by atoms with van der Waals surface area (Å²) in [4.78, 5) is 2.17. The first-order valence-corrected chi connectivity index (χ1v) is 5.73. The van der Waals surface area contributed by atoms with Gasteiger partial charge in [-0.15, -0.1) is 0 Å². The van der Waals surface area contributed by atoms with Crippen LogP contribution in [0.1, 0.15) is 12.0 Å². The van der Waals surface area contributed by atoms with Gasteiger partial charge in [0.15, 0.2) is 0 Å². The van der Waals surface area contributed by atoms with E-state index in [1.165, 1.54) is 5.56 Å². The molecule has 0 saturated heterocycles. The van der Waals surface area contributed by atoms with Crippen LogP contribution < -0.4 is 10.1 Å². The summed E-state index contributed by atoms with van der Waals surface area (Å²) < 4.78 is 5.69. The summed E-state index contributed by atoms with van der Waals surface area (Å²) in [7, 11) is 6.10. The van der Waals surface area contributed by atoms with Crippen LogP contribution in [0.4, 0.5) is 0 Å². The molecule has 0 aliphatic heterocycles. The number of rotatable bonds is 7. The van der Waals surface area contributed by atoms with Crippen molar-refractivity contribution in [1.29, 1.82) is 0 Å². The van der Waals surface area contributed by atoms with Crippen LogP contribution in [-0.4, -0.2) is 39.2 Å². The van der Waals surface area contributed by atoms with Gasteiger partial charge in [0.25, 0.3) is 0 Å². The Hall–Kier alpha value is -1.06. The second-order valence-electron chi connectivity index (χ2n) is 4.18. The molecule has 0 saturated carbocycles. The molecule has 0 radical (unpaired) electrons. The van der Waals surface area contributed by atoms with Crippen molar-refractivity contribution < 1.29 is 4.74 Å². The average molecular weight is 222 g/mol. The Balaban J connectivity index is 2.33. The van der Waals surface area contributed by atoms with Crippen molar-refractivity contribution in [3.63, 3.8) is 0 Å². The first-order valence-electron chi connectivity index (χ1n) is 5.73. The van der Waals surface area contributed by atoms with Gasteiger partial charge in [0.2, 0.25) is 0 Å². The summed E-state index contributed by atoms with van der Waals surface area (Å²) in [6, 6.07) is 8.23. The highest BCUT2D eigenvalue weighted by molar-refractivity contribution is 5.28. The van der Waals surface area contributed by atoms with Crippen molar-refractivity contribution in [2.24, 2.45) is 0 Å². The first-order chi connectivity index (χ1) is 7.72. The molecule has 0 aromatic heterocycles. The molecule has 90 valence electrons. The second-order valence-corrected chi connectivity index (χ2v) is 4.18. The molecule has 1 rings (SSSR count). The Morgan fingerprint density at radius 2 is 2.12 bits per heavy atom. The Morgan fingerprint density at radius 3 is 2.81 bits per heavy atom. The van der Waals surface area contributed by atoms with Gasteiger partial charge >= 0.3 is 0 Å². The fraction of sp³-hybridized carbons (Fsp3) is 0.538. The molecule has 0 amide bonds. The molecule has 1 aromatic rings. The molecule has 0 unspecified atom stereocenters. The summed E-state index contributed by atoms with van der Waals surface area (Å²) >= 11 is 0. The van der Waals surface area contributed by atoms with E-state index in [9.17, 15) is 0 Å². The summed E-state index contributed by atoms with van der Waals surface area (Å²) in [6.45, 7) is 2.73. The Labute approximate surface area is 98.4 Å². The summed E-state index contributed by atoms with van der Waals surface area (Å²) in [5, 5.41) is 3.13. The predicted molar refractivity (Wildman–Crippen MR) is 67.9 cm³/mol. The number of nitrogens with one attached hydrogen (secondary N) is 1. The molecule has 0 spiro atoms. The van der Waals surface area contributed by atoms with Crippen molar-refractivity contribution in [2.45, 2.75) is 13.0 Å². The smallest absolute Gasteiger partial charge is 0.119 e. The minimum absolute atomic E-state index is 0.779. The third-order valence-corrected chi connectivity index (χ3v) is 2.30. The maximum absolute atomic E-state index is 5.69. The van der Waals surface area contributed by atoms with Crippen LogP contribution >= 0.6 is 0 Å². The van der Waals surface area contributed by atoms with E-state index in [2.05, 4.69) is 36.4 Å². The number of ether oxygens (including phenoxy) is 1. The molecule has 3 nitrogen and oxygen atoms in total. The zero-order chi connectivity index (χ0) is 11.8. The summed E-state index contributed by atoms with van der Waals surface area (Å²) in [5.74, 6) is 0.964. The normalized spacial score (nSPS) is 10.8. The highest BCUT2D eigenvalue weighted by Gasteiger charge is 1.96. The number of hydrogen-bond acceptors (Lipinski definition) is 3. The van der Waals surface area contributed by atoms with Gasteiger partial charge in [-0.05, 0) is 45.3 Å². The van der Waals surface area contributed by atoms with Gasteiger partial charge in [-0.1, -0.05) is 12.1 Å². The highest BCUT2D eigenvalue weighted by Crippen LogP contribution is 2.13. The molecular formula is C13H22N2O. The van der Waals surface area contributed by atoms with Crippen LogP contribution in [0.15, 0.2) is 24.3 Å². The fourth-order valence-electron chi connectivity index (χ4n) is 1.52. The van der Waals surface area contributed by atoms with E-state index in [1.54, 1.807) is 0 Å². The lowest BCUT2D eigenvalue weighted by Crippen LogP contribution is -2.15. The Bertz CT molecular complexity index is 300. The van der Waals surface area contributed by atoms with Crippen molar-refractivity contribution >= 4 is 0 Å². The molecule has 3 heteroatoms. The largest absolute Gasteiger partial charge is 0.494 e. The quantitative estimate of drug-likeness (QED) is 0.711. The van der Waals surface area contributed by atoms with Crippen LogP contribution in [0.2, 0.25) is 0 Å². The van der Waals surface area contributed by atoms with E-state index in [0.717, 1.165) is 31.9 Å². The van der Waals surface area contributed by atoms with E-state index < -0.39 is 0 Å². The number of nitrogens with zero attached hydrogens (tertiary/aromatic N) is 1. The van der Waals surface area contributed by atoms with E-state index >= 15 is 0 Å². The Morgan fingerprint density at radius 1 is 1.31 bits per heavy atom. The van der Waals surface area contributed by atoms with E-state index in [-0.39, 0.29) is 0 Å². The second kappa shape index (κ2) is 7.25. The van der Waals surface area contributed by atoms with Crippen LogP contribution in [0.3, 0.4) is 0 Å².